The number of hydrogen-bond acceptors (Lipinski definition) is 8. The van der Waals surface area contributed by atoms with E-state index in [4.69, 9.17) is 4.74 Å². The summed E-state index contributed by atoms with van der Waals surface area (Å²) in [4.78, 5) is 13.9. The second kappa shape index (κ2) is 14.5. The van der Waals surface area contributed by atoms with E-state index in [0.29, 0.717) is 41.3 Å². The molecule has 1 unspecified atom stereocenters. The first-order valence-electron chi connectivity index (χ1n) is 11.7. The van der Waals surface area contributed by atoms with Gasteiger partial charge >= 0.3 is 0 Å². The van der Waals surface area contributed by atoms with Gasteiger partial charge in [-0.2, -0.15) is 9.97 Å². The molecule has 0 saturated heterocycles. The van der Waals surface area contributed by atoms with Gasteiger partial charge in [0.15, 0.2) is 0 Å². The van der Waals surface area contributed by atoms with Crippen LogP contribution in [0.25, 0.3) is 11.0 Å². The smallest absolute Gasteiger partial charge is 0.233 e. The number of aromatic nitrogens is 3. The van der Waals surface area contributed by atoms with Gasteiger partial charge in [0.05, 0.1) is 11.1 Å². The fourth-order valence-corrected chi connectivity index (χ4v) is 3.28. The van der Waals surface area contributed by atoms with Gasteiger partial charge in [-0.05, 0) is 45.2 Å². The van der Waals surface area contributed by atoms with Crippen LogP contribution in [0.15, 0.2) is 85.4 Å². The summed E-state index contributed by atoms with van der Waals surface area (Å²) in [5.41, 5.74) is 1.48. The summed E-state index contributed by atoms with van der Waals surface area (Å²) in [6.45, 7) is 17.2. The van der Waals surface area contributed by atoms with Crippen molar-refractivity contribution in [3.8, 4) is 5.88 Å². The Bertz CT molecular complexity index is 1140. The average Bonchev–Trinajstić information content (AvgIpc) is 3.34. The van der Waals surface area contributed by atoms with Crippen molar-refractivity contribution >= 4 is 17.0 Å². The summed E-state index contributed by atoms with van der Waals surface area (Å²) in [5.74, 6) is 0.552. The molecular weight excluding hydrogens is 461 g/mol. The number of allylic oxidation sites excluding steroid dienone is 4. The Labute approximate surface area is 211 Å². The van der Waals surface area contributed by atoms with Crippen LogP contribution in [0.1, 0.15) is 13.8 Å². The van der Waals surface area contributed by atoms with E-state index in [1.807, 2.05) is 25.8 Å². The highest BCUT2D eigenvalue weighted by molar-refractivity contribution is 5.82. The summed E-state index contributed by atoms with van der Waals surface area (Å²) in [6, 6.07) is 1.78. The summed E-state index contributed by atoms with van der Waals surface area (Å²) >= 11 is 0. The monoisotopic (exact) mass is 497 g/mol. The summed E-state index contributed by atoms with van der Waals surface area (Å²) in [7, 11) is 1.87. The zero-order chi connectivity index (χ0) is 26.5. The molecule has 2 heterocycles. The van der Waals surface area contributed by atoms with E-state index in [2.05, 4.69) is 50.6 Å². The van der Waals surface area contributed by atoms with E-state index in [0.717, 1.165) is 6.54 Å². The zero-order valence-corrected chi connectivity index (χ0v) is 21.1. The van der Waals surface area contributed by atoms with Gasteiger partial charge in [-0.25, -0.2) is 4.39 Å². The molecular formula is C26H36FN7O2. The van der Waals surface area contributed by atoms with Crippen molar-refractivity contribution in [1.82, 2.24) is 30.5 Å². The fourth-order valence-electron chi connectivity index (χ4n) is 3.28. The second-order valence-electron chi connectivity index (χ2n) is 7.59. The highest BCUT2D eigenvalue weighted by Crippen LogP contribution is 2.25. The number of likely N-dealkylation sites (N-methyl/N-ethyl adjacent to an activating group) is 2. The van der Waals surface area contributed by atoms with Crippen molar-refractivity contribution in [1.29, 1.82) is 0 Å². The molecule has 0 aliphatic rings. The molecule has 10 heteroatoms. The SMILES string of the molecule is C=C/C(=C\C(=C)NC(O)C=C)Oc1nc(NC/C=C(F)\C(=C/C)N(CC)CCNC)nc2[nH]ccc12. The number of aliphatic hydroxyl groups excluding tert-OH is 1. The molecule has 0 bridgehead atoms. The van der Waals surface area contributed by atoms with E-state index < -0.39 is 6.23 Å². The molecule has 0 fully saturated rings. The lowest BCUT2D eigenvalue weighted by Crippen LogP contribution is -2.30. The first-order valence-corrected chi connectivity index (χ1v) is 11.7. The minimum absolute atomic E-state index is 0.169. The molecule has 194 valence electrons. The number of rotatable bonds is 16. The summed E-state index contributed by atoms with van der Waals surface area (Å²) in [5, 5.41) is 19.1. The predicted molar refractivity (Wildman–Crippen MR) is 144 cm³/mol. The van der Waals surface area contributed by atoms with Gasteiger partial charge in [0, 0.05) is 44.1 Å². The van der Waals surface area contributed by atoms with Gasteiger partial charge in [0.1, 0.15) is 23.5 Å². The molecule has 0 aliphatic heterocycles. The maximum atomic E-state index is 14.9. The van der Waals surface area contributed by atoms with Crippen molar-refractivity contribution in [3.63, 3.8) is 0 Å². The fraction of sp³-hybridized carbons (Fsp3) is 0.308. The van der Waals surface area contributed by atoms with E-state index in [-0.39, 0.29) is 24.2 Å². The van der Waals surface area contributed by atoms with Crippen LogP contribution in [0.2, 0.25) is 0 Å². The van der Waals surface area contributed by atoms with Crippen LogP contribution in [-0.4, -0.2) is 64.4 Å². The van der Waals surface area contributed by atoms with E-state index >= 15 is 0 Å². The molecule has 2 aromatic heterocycles. The summed E-state index contributed by atoms with van der Waals surface area (Å²) in [6.07, 6.45) is 8.38. The Morgan fingerprint density at radius 2 is 2.14 bits per heavy atom. The molecule has 0 radical (unpaired) electrons. The Kier molecular flexibility index (Phi) is 11.4. The van der Waals surface area contributed by atoms with Crippen LogP contribution in [-0.2, 0) is 0 Å². The molecule has 1 atom stereocenters. The normalized spacial score (nSPS) is 13.3. The van der Waals surface area contributed by atoms with Gasteiger partial charge < -0.3 is 35.7 Å². The number of nitrogens with one attached hydrogen (secondary N) is 4. The highest BCUT2D eigenvalue weighted by Gasteiger charge is 2.13. The number of anilines is 1. The van der Waals surface area contributed by atoms with Crippen LogP contribution >= 0.6 is 0 Å². The topological polar surface area (TPSA) is 110 Å². The molecule has 2 aromatic rings. The number of aliphatic hydroxyl groups is 1. The Balaban J connectivity index is 2.19. The molecule has 0 spiro atoms. The third kappa shape index (κ3) is 8.10. The average molecular weight is 498 g/mol. The first-order chi connectivity index (χ1) is 17.4. The molecule has 9 nitrogen and oxygen atoms in total. The molecule has 36 heavy (non-hydrogen) atoms. The number of H-pyrrole nitrogens is 1. The maximum Gasteiger partial charge on any atom is 0.233 e. The van der Waals surface area contributed by atoms with E-state index in [1.165, 1.54) is 18.2 Å². The van der Waals surface area contributed by atoms with Crippen LogP contribution in [0.4, 0.5) is 10.3 Å². The number of nitrogens with zero attached hydrogens (tertiary/aromatic N) is 3. The molecule has 0 saturated carbocycles. The quantitative estimate of drug-likeness (QED) is 0.103. The lowest BCUT2D eigenvalue weighted by atomic mass is 10.2. The van der Waals surface area contributed by atoms with Crippen LogP contribution in [0, 0.1) is 0 Å². The van der Waals surface area contributed by atoms with Gasteiger partial charge in [0.2, 0.25) is 11.8 Å². The molecule has 0 aliphatic carbocycles. The minimum Gasteiger partial charge on any atom is -0.438 e. The van der Waals surface area contributed by atoms with Crippen molar-refractivity contribution < 1.29 is 14.2 Å². The summed E-state index contributed by atoms with van der Waals surface area (Å²) < 4.78 is 20.9. The maximum absolute atomic E-state index is 14.9. The Morgan fingerprint density at radius 3 is 2.78 bits per heavy atom. The van der Waals surface area contributed by atoms with E-state index in [9.17, 15) is 9.50 Å². The molecule has 0 aromatic carbocycles. The molecule has 0 amide bonds. The van der Waals surface area contributed by atoms with Crippen molar-refractivity contribution in [3.05, 3.63) is 85.4 Å². The van der Waals surface area contributed by atoms with Crippen LogP contribution < -0.4 is 20.7 Å². The largest absolute Gasteiger partial charge is 0.438 e. The van der Waals surface area contributed by atoms with Gasteiger partial charge in [-0.3, -0.25) is 0 Å². The predicted octanol–water partition coefficient (Wildman–Crippen LogP) is 3.72. The lowest BCUT2D eigenvalue weighted by Gasteiger charge is -2.25. The van der Waals surface area contributed by atoms with Crippen LogP contribution in [0.5, 0.6) is 5.88 Å². The van der Waals surface area contributed by atoms with Crippen molar-refractivity contribution in [2.24, 2.45) is 0 Å². The van der Waals surface area contributed by atoms with Crippen molar-refractivity contribution in [2.45, 2.75) is 20.1 Å². The van der Waals surface area contributed by atoms with Crippen LogP contribution in [0.3, 0.4) is 0 Å². The van der Waals surface area contributed by atoms with Gasteiger partial charge in [0.25, 0.3) is 0 Å². The number of hydrogen-bond donors (Lipinski definition) is 5. The molecule has 5 N–H and O–H groups in total. The Hall–Kier alpha value is -3.89. The molecule has 2 rings (SSSR count). The lowest BCUT2D eigenvalue weighted by molar-refractivity contribution is 0.199. The second-order valence-corrected chi connectivity index (χ2v) is 7.59. The first kappa shape index (κ1) is 28.3. The zero-order valence-electron chi connectivity index (χ0n) is 21.1. The number of ether oxygens (including phenoxy) is 1. The standard InChI is InChI=1S/C26H36FN7O2/c1-7-19(17-18(5)31-23(35)9-3)36-25-20-11-13-29-24(20)32-26(33-25)30-14-12-21(27)22(8-2)34(10-4)16-15-28-6/h7-9,11-13,17,23,28,31,35H,1,3,5,10,14-16H2,2,4,6H3,(H2,29,30,32,33)/b19-17+,21-12+,22-8+. The van der Waals surface area contributed by atoms with Gasteiger partial charge in [-0.15, -0.1) is 0 Å². The van der Waals surface area contributed by atoms with E-state index in [1.54, 1.807) is 24.4 Å². The number of fused-ring (bicyclic) bond motifs is 1. The number of aromatic amines is 1. The highest BCUT2D eigenvalue weighted by atomic mass is 19.1. The van der Waals surface area contributed by atoms with Gasteiger partial charge in [-0.1, -0.05) is 25.8 Å². The third-order valence-corrected chi connectivity index (χ3v) is 5.08. The Morgan fingerprint density at radius 1 is 1.36 bits per heavy atom. The third-order valence-electron chi connectivity index (χ3n) is 5.08. The number of halogens is 1. The van der Waals surface area contributed by atoms with Crippen molar-refractivity contribution in [2.75, 3.05) is 38.5 Å². The minimum atomic E-state index is -0.949.